The maximum absolute atomic E-state index is 4.36. The summed E-state index contributed by atoms with van der Waals surface area (Å²) >= 11 is 0. The van der Waals surface area contributed by atoms with Gasteiger partial charge in [-0.2, -0.15) is 0 Å². The first-order valence-electron chi connectivity index (χ1n) is 5.40. The molecule has 0 unspecified atom stereocenters. The van der Waals surface area contributed by atoms with Crippen molar-refractivity contribution in [1.29, 1.82) is 0 Å². The van der Waals surface area contributed by atoms with Crippen LogP contribution < -0.4 is 0 Å². The summed E-state index contributed by atoms with van der Waals surface area (Å²) in [6, 6.07) is 10.3. The molecular weight excluding hydrogens is 182 g/mol. The van der Waals surface area contributed by atoms with Crippen LogP contribution in [0.3, 0.4) is 0 Å². The van der Waals surface area contributed by atoms with E-state index in [4.69, 9.17) is 0 Å². The fraction of sp³-hybridized carbons (Fsp3) is 0.357. The van der Waals surface area contributed by atoms with E-state index in [1.807, 2.05) is 24.4 Å². The zero-order valence-corrected chi connectivity index (χ0v) is 9.77. The van der Waals surface area contributed by atoms with Crippen molar-refractivity contribution in [3.63, 3.8) is 0 Å². The summed E-state index contributed by atoms with van der Waals surface area (Å²) in [5.74, 6) is 0.605. The first-order valence-corrected chi connectivity index (χ1v) is 5.40. The van der Waals surface area contributed by atoms with Gasteiger partial charge in [-0.15, -0.1) is 0 Å². The van der Waals surface area contributed by atoms with Crippen molar-refractivity contribution in [3.05, 3.63) is 47.5 Å². The summed E-state index contributed by atoms with van der Waals surface area (Å²) in [6.07, 6.45) is 4.00. The molecule has 0 aliphatic heterocycles. The molecule has 1 heteroatoms. The van der Waals surface area contributed by atoms with Crippen LogP contribution in [0, 0.1) is 5.92 Å². The third kappa shape index (κ3) is 4.59. The zero-order valence-electron chi connectivity index (χ0n) is 9.77. The molecule has 0 atom stereocenters. The molecule has 80 valence electrons. The number of nitrogens with zero attached hydrogens (tertiary/aromatic N) is 1. The van der Waals surface area contributed by atoms with Crippen LogP contribution in [0.25, 0.3) is 0 Å². The van der Waals surface area contributed by atoms with Gasteiger partial charge in [0.1, 0.15) is 0 Å². The minimum atomic E-state index is 0.605. The lowest BCUT2D eigenvalue weighted by Crippen LogP contribution is -1.88. The molecule has 0 N–H and O–H groups in total. The standard InChI is InChI=1S/C14H19N/c1-12(2)13(3)9-10-15-11-14-7-5-4-6-8-14/h4-10,12H,11H2,1-3H3/b13-9+,15-10?. The monoisotopic (exact) mass is 201 g/mol. The summed E-state index contributed by atoms with van der Waals surface area (Å²) < 4.78 is 0. The fourth-order valence-electron chi connectivity index (χ4n) is 1.10. The van der Waals surface area contributed by atoms with Crippen molar-refractivity contribution in [2.75, 3.05) is 0 Å². The molecule has 0 aliphatic rings. The van der Waals surface area contributed by atoms with Crippen molar-refractivity contribution in [3.8, 4) is 0 Å². The van der Waals surface area contributed by atoms with Gasteiger partial charge in [0.2, 0.25) is 0 Å². The molecule has 1 aromatic carbocycles. The van der Waals surface area contributed by atoms with Gasteiger partial charge in [-0.3, -0.25) is 4.99 Å². The van der Waals surface area contributed by atoms with E-state index in [0.29, 0.717) is 5.92 Å². The topological polar surface area (TPSA) is 12.4 Å². The predicted molar refractivity (Wildman–Crippen MR) is 67.2 cm³/mol. The van der Waals surface area contributed by atoms with Crippen LogP contribution in [0.1, 0.15) is 26.3 Å². The number of hydrogen-bond donors (Lipinski definition) is 0. The third-order valence-corrected chi connectivity index (χ3v) is 2.47. The van der Waals surface area contributed by atoms with Crippen LogP contribution >= 0.6 is 0 Å². The van der Waals surface area contributed by atoms with Crippen molar-refractivity contribution >= 4 is 6.21 Å². The van der Waals surface area contributed by atoms with Gasteiger partial charge in [0.15, 0.2) is 0 Å². The second-order valence-electron chi connectivity index (χ2n) is 4.04. The van der Waals surface area contributed by atoms with Gasteiger partial charge in [-0.1, -0.05) is 49.8 Å². The van der Waals surface area contributed by atoms with E-state index in [0.717, 1.165) is 6.54 Å². The summed E-state index contributed by atoms with van der Waals surface area (Å²) in [4.78, 5) is 4.36. The highest BCUT2D eigenvalue weighted by molar-refractivity contribution is 5.72. The van der Waals surface area contributed by atoms with E-state index in [2.05, 4.69) is 44.0 Å². The lowest BCUT2D eigenvalue weighted by atomic mass is 10.1. The second-order valence-corrected chi connectivity index (χ2v) is 4.04. The normalized spacial score (nSPS) is 12.7. The largest absolute Gasteiger partial charge is 0.288 e. The van der Waals surface area contributed by atoms with Crippen molar-refractivity contribution < 1.29 is 0 Å². The zero-order chi connectivity index (χ0) is 11.1. The Kier molecular flexibility index (Phi) is 4.82. The summed E-state index contributed by atoms with van der Waals surface area (Å²) in [5.41, 5.74) is 2.62. The molecule has 0 saturated heterocycles. The third-order valence-electron chi connectivity index (χ3n) is 2.47. The molecule has 0 aromatic heterocycles. The lowest BCUT2D eigenvalue weighted by Gasteiger charge is -2.01. The SMILES string of the molecule is C/C(=C\C=NCc1ccccc1)C(C)C. The molecule has 0 amide bonds. The number of benzene rings is 1. The molecule has 0 aliphatic carbocycles. The molecule has 15 heavy (non-hydrogen) atoms. The van der Waals surface area contributed by atoms with E-state index < -0.39 is 0 Å². The molecule has 1 rings (SSSR count). The Morgan fingerprint density at radius 3 is 2.53 bits per heavy atom. The van der Waals surface area contributed by atoms with Crippen molar-refractivity contribution in [1.82, 2.24) is 0 Å². The van der Waals surface area contributed by atoms with Gasteiger partial charge >= 0.3 is 0 Å². The van der Waals surface area contributed by atoms with Gasteiger partial charge in [0.25, 0.3) is 0 Å². The average Bonchev–Trinajstić information content (AvgIpc) is 2.25. The van der Waals surface area contributed by atoms with E-state index in [-0.39, 0.29) is 0 Å². The minimum Gasteiger partial charge on any atom is -0.288 e. The van der Waals surface area contributed by atoms with Crippen LogP contribution in [0.4, 0.5) is 0 Å². The van der Waals surface area contributed by atoms with Gasteiger partial charge in [0.05, 0.1) is 6.54 Å². The smallest absolute Gasteiger partial charge is 0.0639 e. The Morgan fingerprint density at radius 1 is 1.27 bits per heavy atom. The molecule has 0 saturated carbocycles. The quantitative estimate of drug-likeness (QED) is 0.656. The highest BCUT2D eigenvalue weighted by Gasteiger charge is 1.92. The second kappa shape index (κ2) is 6.18. The van der Waals surface area contributed by atoms with Gasteiger partial charge in [0, 0.05) is 6.21 Å². The number of aliphatic imine (C=N–C) groups is 1. The van der Waals surface area contributed by atoms with Crippen LogP contribution in [0.2, 0.25) is 0 Å². The fourth-order valence-corrected chi connectivity index (χ4v) is 1.10. The van der Waals surface area contributed by atoms with Gasteiger partial charge in [-0.05, 0) is 24.5 Å². The molecule has 0 radical (unpaired) electrons. The van der Waals surface area contributed by atoms with Crippen molar-refractivity contribution in [2.24, 2.45) is 10.9 Å². The summed E-state index contributed by atoms with van der Waals surface area (Å²) in [7, 11) is 0. The highest BCUT2D eigenvalue weighted by atomic mass is 14.7. The molecular formula is C14H19N. The molecule has 0 heterocycles. The minimum absolute atomic E-state index is 0.605. The average molecular weight is 201 g/mol. The van der Waals surface area contributed by atoms with Crippen LogP contribution in [0.5, 0.6) is 0 Å². The Bertz CT molecular complexity index is 334. The first kappa shape index (κ1) is 11.7. The van der Waals surface area contributed by atoms with Crippen LogP contribution in [0.15, 0.2) is 47.0 Å². The van der Waals surface area contributed by atoms with E-state index in [9.17, 15) is 0 Å². The Balaban J connectivity index is 2.44. The number of rotatable bonds is 4. The van der Waals surface area contributed by atoms with E-state index in [1.165, 1.54) is 11.1 Å². The lowest BCUT2D eigenvalue weighted by molar-refractivity contribution is 0.771. The summed E-state index contributed by atoms with van der Waals surface area (Å²) in [6.45, 7) is 7.29. The Hall–Kier alpha value is -1.37. The summed E-state index contributed by atoms with van der Waals surface area (Å²) in [5, 5.41) is 0. The number of allylic oxidation sites excluding steroid dienone is 2. The molecule has 0 spiro atoms. The Morgan fingerprint density at radius 2 is 1.93 bits per heavy atom. The van der Waals surface area contributed by atoms with Crippen LogP contribution in [-0.4, -0.2) is 6.21 Å². The highest BCUT2D eigenvalue weighted by Crippen LogP contribution is 2.06. The maximum atomic E-state index is 4.36. The van der Waals surface area contributed by atoms with E-state index >= 15 is 0 Å². The van der Waals surface area contributed by atoms with Crippen molar-refractivity contribution in [2.45, 2.75) is 27.3 Å². The Labute approximate surface area is 92.6 Å². The predicted octanol–water partition coefficient (Wildman–Crippen LogP) is 3.86. The molecule has 1 nitrogen and oxygen atoms in total. The van der Waals surface area contributed by atoms with Crippen LogP contribution in [-0.2, 0) is 6.54 Å². The first-order chi connectivity index (χ1) is 7.20. The van der Waals surface area contributed by atoms with Gasteiger partial charge < -0.3 is 0 Å². The maximum Gasteiger partial charge on any atom is 0.0639 e. The molecule has 0 fully saturated rings. The van der Waals surface area contributed by atoms with E-state index in [1.54, 1.807) is 0 Å². The molecule has 0 bridgehead atoms. The van der Waals surface area contributed by atoms with Gasteiger partial charge in [-0.25, -0.2) is 0 Å². The molecule has 1 aromatic rings. The number of hydrogen-bond acceptors (Lipinski definition) is 1.